The molecule has 7 nitrogen and oxygen atoms in total. The largest absolute Gasteiger partial charge is 0.350 e. The second-order valence-corrected chi connectivity index (χ2v) is 12.2. The third-order valence-corrected chi connectivity index (χ3v) is 7.05. The topological polar surface area (TPSA) is 86.8 Å². The van der Waals surface area contributed by atoms with Gasteiger partial charge in [-0.15, -0.1) is 0 Å². The van der Waals surface area contributed by atoms with Crippen molar-refractivity contribution in [3.63, 3.8) is 0 Å². The normalized spacial score (nSPS) is 12.6. The molecule has 2 aromatic rings. The van der Waals surface area contributed by atoms with Crippen molar-refractivity contribution in [1.82, 2.24) is 10.2 Å². The third kappa shape index (κ3) is 9.47. The summed E-state index contributed by atoms with van der Waals surface area (Å²) in [4.78, 5) is 28.1. The van der Waals surface area contributed by atoms with Crippen LogP contribution in [0, 0.1) is 0 Å². The number of halogens is 1. The summed E-state index contributed by atoms with van der Waals surface area (Å²) in [7, 11) is -3.57. The van der Waals surface area contributed by atoms with E-state index in [9.17, 15) is 18.0 Å². The lowest BCUT2D eigenvalue weighted by atomic mass is 10.0. The Morgan fingerprint density at radius 1 is 1.03 bits per heavy atom. The summed E-state index contributed by atoms with van der Waals surface area (Å²) in [5.74, 6) is -0.371. The average Bonchev–Trinajstić information content (AvgIpc) is 2.77. The quantitative estimate of drug-likeness (QED) is 0.428. The van der Waals surface area contributed by atoms with Crippen LogP contribution in [0.15, 0.2) is 54.6 Å². The molecule has 0 spiro atoms. The van der Waals surface area contributed by atoms with E-state index in [0.717, 1.165) is 11.8 Å². The first-order valence-corrected chi connectivity index (χ1v) is 14.4. The summed E-state index contributed by atoms with van der Waals surface area (Å²) < 4.78 is 26.1. The number of sulfonamides is 1. The van der Waals surface area contributed by atoms with Crippen LogP contribution in [0.1, 0.15) is 52.5 Å². The summed E-state index contributed by atoms with van der Waals surface area (Å²) in [5.41, 5.74) is 1.10. The van der Waals surface area contributed by atoms with E-state index >= 15 is 0 Å². The molecule has 0 fully saturated rings. The van der Waals surface area contributed by atoms with E-state index < -0.39 is 21.6 Å². The molecule has 0 aliphatic heterocycles. The summed E-state index contributed by atoms with van der Waals surface area (Å²) in [5, 5.41) is 3.42. The Kier molecular flexibility index (Phi) is 10.8. The predicted molar refractivity (Wildman–Crippen MR) is 147 cm³/mol. The Bertz CT molecular complexity index is 1120. The molecule has 198 valence electrons. The smallest absolute Gasteiger partial charge is 0.243 e. The first-order valence-electron chi connectivity index (χ1n) is 12.2. The number of carbonyl (C=O) groups is 2. The van der Waals surface area contributed by atoms with Crippen molar-refractivity contribution in [3.8, 4) is 0 Å². The zero-order valence-electron chi connectivity index (χ0n) is 21.8. The fourth-order valence-corrected chi connectivity index (χ4v) is 5.13. The second kappa shape index (κ2) is 13.1. The average molecular weight is 536 g/mol. The van der Waals surface area contributed by atoms with Crippen LogP contribution in [0.4, 0.5) is 5.69 Å². The molecule has 0 unspecified atom stereocenters. The van der Waals surface area contributed by atoms with Gasteiger partial charge in [-0.25, -0.2) is 8.42 Å². The number of amides is 2. The van der Waals surface area contributed by atoms with Gasteiger partial charge in [0.05, 0.1) is 11.9 Å². The predicted octanol–water partition coefficient (Wildman–Crippen LogP) is 4.65. The van der Waals surface area contributed by atoms with Gasteiger partial charge < -0.3 is 10.2 Å². The molecule has 0 aliphatic rings. The Balaban J connectivity index is 2.18. The highest BCUT2D eigenvalue weighted by Gasteiger charge is 2.30. The van der Waals surface area contributed by atoms with E-state index in [1.54, 1.807) is 29.2 Å². The molecule has 0 saturated carbocycles. The lowest BCUT2D eigenvalue weighted by Gasteiger charge is -2.33. The van der Waals surface area contributed by atoms with Gasteiger partial charge in [0.2, 0.25) is 21.8 Å². The van der Waals surface area contributed by atoms with Crippen LogP contribution < -0.4 is 9.62 Å². The number of hydrogen-bond donors (Lipinski definition) is 1. The minimum Gasteiger partial charge on any atom is -0.350 e. The summed E-state index contributed by atoms with van der Waals surface area (Å²) in [6, 6.07) is 15.8. The van der Waals surface area contributed by atoms with Gasteiger partial charge in [0, 0.05) is 30.1 Å². The van der Waals surface area contributed by atoms with Crippen LogP contribution in [-0.4, -0.2) is 56.1 Å². The van der Waals surface area contributed by atoms with Crippen molar-refractivity contribution < 1.29 is 18.0 Å². The molecule has 2 aromatic carbocycles. The molecule has 9 heteroatoms. The molecular weight excluding hydrogens is 498 g/mol. The molecule has 0 aliphatic carbocycles. The summed E-state index contributed by atoms with van der Waals surface area (Å²) in [6.07, 6.45) is 2.63. The molecule has 2 rings (SSSR count). The van der Waals surface area contributed by atoms with Gasteiger partial charge in [0.1, 0.15) is 6.04 Å². The van der Waals surface area contributed by atoms with Gasteiger partial charge in [-0.2, -0.15) is 0 Å². The highest BCUT2D eigenvalue weighted by atomic mass is 35.5. The van der Waals surface area contributed by atoms with Crippen molar-refractivity contribution in [3.05, 3.63) is 65.2 Å². The standard InChI is InChI=1S/C27H38ClN3O4S/c1-6-24(26(33)29-27(2,3)4)30(19-17-21-12-8-7-9-13-21)25(32)16-11-18-31(36(5,34)35)23-15-10-14-22(28)20-23/h7-10,12-15,20,24H,6,11,16-19H2,1-5H3,(H,29,33)/t24-/m1/s1. The van der Waals surface area contributed by atoms with Gasteiger partial charge in [-0.1, -0.05) is 54.9 Å². The minimum absolute atomic E-state index is 0.112. The molecule has 0 radical (unpaired) electrons. The molecular formula is C27H38ClN3O4S. The molecule has 0 saturated heterocycles. The maximum atomic E-state index is 13.4. The van der Waals surface area contributed by atoms with Crippen LogP contribution in [0.25, 0.3) is 0 Å². The molecule has 36 heavy (non-hydrogen) atoms. The zero-order valence-corrected chi connectivity index (χ0v) is 23.4. The lowest BCUT2D eigenvalue weighted by molar-refractivity contribution is -0.141. The Labute approximate surface area is 220 Å². The van der Waals surface area contributed by atoms with Crippen molar-refractivity contribution in [1.29, 1.82) is 0 Å². The molecule has 0 heterocycles. The number of hydrogen-bond acceptors (Lipinski definition) is 4. The third-order valence-electron chi connectivity index (χ3n) is 5.62. The maximum Gasteiger partial charge on any atom is 0.243 e. The van der Waals surface area contributed by atoms with Crippen LogP contribution in [0.3, 0.4) is 0 Å². The molecule has 1 N–H and O–H groups in total. The van der Waals surface area contributed by atoms with E-state index in [4.69, 9.17) is 11.6 Å². The lowest BCUT2D eigenvalue weighted by Crippen LogP contribution is -2.54. The Morgan fingerprint density at radius 2 is 1.69 bits per heavy atom. The Hall–Kier alpha value is -2.58. The van der Waals surface area contributed by atoms with Gasteiger partial charge in [0.25, 0.3) is 0 Å². The van der Waals surface area contributed by atoms with Crippen LogP contribution in [0.5, 0.6) is 0 Å². The molecule has 0 aromatic heterocycles. The SMILES string of the molecule is CC[C@H](C(=O)NC(C)(C)C)N(CCc1ccccc1)C(=O)CCCN(c1cccc(Cl)c1)S(C)(=O)=O. The number of benzene rings is 2. The highest BCUT2D eigenvalue weighted by molar-refractivity contribution is 7.92. The summed E-state index contributed by atoms with van der Waals surface area (Å²) in [6.45, 7) is 8.13. The summed E-state index contributed by atoms with van der Waals surface area (Å²) >= 11 is 6.06. The first-order chi connectivity index (χ1) is 16.8. The van der Waals surface area contributed by atoms with Gasteiger partial charge in [-0.05, 0) is 63.8 Å². The number of anilines is 1. The van der Waals surface area contributed by atoms with Crippen LogP contribution in [-0.2, 0) is 26.0 Å². The van der Waals surface area contributed by atoms with Crippen LogP contribution >= 0.6 is 11.6 Å². The van der Waals surface area contributed by atoms with E-state index in [1.807, 2.05) is 58.0 Å². The van der Waals surface area contributed by atoms with Gasteiger partial charge in [-0.3, -0.25) is 13.9 Å². The number of carbonyl (C=O) groups excluding carboxylic acids is 2. The van der Waals surface area contributed by atoms with Crippen molar-refractivity contribution >= 4 is 39.1 Å². The van der Waals surface area contributed by atoms with E-state index in [0.29, 0.717) is 36.5 Å². The number of nitrogens with zero attached hydrogens (tertiary/aromatic N) is 2. The minimum atomic E-state index is -3.57. The fourth-order valence-electron chi connectivity index (χ4n) is 3.98. The monoisotopic (exact) mass is 535 g/mol. The molecule has 0 bridgehead atoms. The van der Waals surface area contributed by atoms with E-state index in [1.165, 1.54) is 4.31 Å². The van der Waals surface area contributed by atoms with Crippen molar-refractivity contribution in [2.45, 2.75) is 65.0 Å². The van der Waals surface area contributed by atoms with E-state index in [-0.39, 0.29) is 24.8 Å². The van der Waals surface area contributed by atoms with Crippen LogP contribution in [0.2, 0.25) is 5.02 Å². The van der Waals surface area contributed by atoms with Gasteiger partial charge >= 0.3 is 0 Å². The zero-order chi connectivity index (χ0) is 26.9. The van der Waals surface area contributed by atoms with Gasteiger partial charge in [0.15, 0.2) is 0 Å². The second-order valence-electron chi connectivity index (χ2n) is 9.90. The molecule has 2 amide bonds. The first kappa shape index (κ1) is 29.6. The highest BCUT2D eigenvalue weighted by Crippen LogP contribution is 2.22. The van der Waals surface area contributed by atoms with Crippen molar-refractivity contribution in [2.75, 3.05) is 23.7 Å². The molecule has 1 atom stereocenters. The van der Waals surface area contributed by atoms with E-state index in [2.05, 4.69) is 5.32 Å². The van der Waals surface area contributed by atoms with Crippen molar-refractivity contribution in [2.24, 2.45) is 0 Å². The maximum absolute atomic E-state index is 13.4. The Morgan fingerprint density at radius 3 is 2.25 bits per heavy atom. The fraction of sp³-hybridized carbons (Fsp3) is 0.481. The number of nitrogens with one attached hydrogen (secondary N) is 1. The number of rotatable bonds is 12.